The number of carbonyl (C=O) groups is 1. The molecular formula is C9H16O3. The first kappa shape index (κ1) is 9.52. The summed E-state index contributed by atoms with van der Waals surface area (Å²) in [5.74, 6) is -0.264. The van der Waals surface area contributed by atoms with Crippen molar-refractivity contribution < 1.29 is 14.6 Å². The van der Waals surface area contributed by atoms with Gasteiger partial charge in [0, 0.05) is 0 Å². The fourth-order valence-electron chi connectivity index (χ4n) is 1.53. The first-order valence-corrected chi connectivity index (χ1v) is 4.54. The average molecular weight is 172 g/mol. The Morgan fingerprint density at radius 1 is 1.58 bits per heavy atom. The minimum Gasteiger partial charge on any atom is -0.479 e. The molecule has 0 radical (unpaired) electrons. The molecule has 0 unspecified atom stereocenters. The van der Waals surface area contributed by atoms with Gasteiger partial charge in [-0.3, -0.25) is 0 Å². The van der Waals surface area contributed by atoms with E-state index in [1.54, 1.807) is 6.92 Å². The smallest absolute Gasteiger partial charge is 0.332 e. The third-order valence-corrected chi connectivity index (χ3v) is 2.40. The third kappa shape index (κ3) is 2.81. The molecule has 0 spiro atoms. The van der Waals surface area contributed by atoms with Crippen LogP contribution in [0.25, 0.3) is 0 Å². The highest BCUT2D eigenvalue weighted by molar-refractivity contribution is 5.71. The van der Waals surface area contributed by atoms with Crippen molar-refractivity contribution in [2.24, 2.45) is 5.92 Å². The van der Waals surface area contributed by atoms with Gasteiger partial charge >= 0.3 is 5.97 Å². The molecule has 1 rings (SSSR count). The zero-order chi connectivity index (χ0) is 8.97. The Labute approximate surface area is 72.7 Å². The Morgan fingerprint density at radius 2 is 2.17 bits per heavy atom. The van der Waals surface area contributed by atoms with Crippen molar-refractivity contribution in [2.45, 2.75) is 38.7 Å². The molecule has 1 aliphatic carbocycles. The highest BCUT2D eigenvalue weighted by atomic mass is 16.5. The summed E-state index contributed by atoms with van der Waals surface area (Å²) in [6.45, 7) is 2.20. The molecule has 3 heteroatoms. The Hall–Kier alpha value is -0.570. The van der Waals surface area contributed by atoms with Crippen LogP contribution >= 0.6 is 0 Å². The summed E-state index contributed by atoms with van der Waals surface area (Å²) in [7, 11) is 0. The summed E-state index contributed by atoms with van der Waals surface area (Å²) in [5, 5.41) is 8.53. The number of ether oxygens (including phenoxy) is 1. The van der Waals surface area contributed by atoms with Gasteiger partial charge in [-0.15, -0.1) is 0 Å². The van der Waals surface area contributed by atoms with E-state index in [1.807, 2.05) is 0 Å². The maximum absolute atomic E-state index is 10.4. The molecule has 0 aliphatic heterocycles. The van der Waals surface area contributed by atoms with Crippen LogP contribution in [0.5, 0.6) is 0 Å². The van der Waals surface area contributed by atoms with Crippen molar-refractivity contribution in [3.63, 3.8) is 0 Å². The summed E-state index contributed by atoms with van der Waals surface area (Å²) >= 11 is 0. The minimum atomic E-state index is -0.868. The van der Waals surface area contributed by atoms with Gasteiger partial charge < -0.3 is 9.84 Å². The molecule has 12 heavy (non-hydrogen) atoms. The summed E-state index contributed by atoms with van der Waals surface area (Å²) < 4.78 is 5.19. The number of carboxylic acids is 1. The number of aliphatic carboxylic acids is 1. The average Bonchev–Trinajstić information content (AvgIpc) is 2.51. The lowest BCUT2D eigenvalue weighted by Crippen LogP contribution is -2.22. The first-order chi connectivity index (χ1) is 5.70. The second-order valence-corrected chi connectivity index (χ2v) is 3.46. The summed E-state index contributed by atoms with van der Waals surface area (Å²) in [5.41, 5.74) is 0. The van der Waals surface area contributed by atoms with Crippen molar-refractivity contribution in [3.05, 3.63) is 0 Å². The van der Waals surface area contributed by atoms with Crippen LogP contribution in [0, 0.1) is 5.92 Å². The van der Waals surface area contributed by atoms with Crippen LogP contribution in [0.2, 0.25) is 0 Å². The Bertz CT molecular complexity index is 150. The Kier molecular flexibility index (Phi) is 3.53. The normalized spacial score (nSPS) is 21.1. The molecule has 3 nitrogen and oxygen atoms in total. The number of rotatable bonds is 4. The van der Waals surface area contributed by atoms with Crippen LogP contribution in [-0.2, 0) is 9.53 Å². The minimum absolute atomic E-state index is 0.604. The SMILES string of the molecule is C[C@@H](OCC1CCCC1)C(=O)O. The predicted molar refractivity (Wildman–Crippen MR) is 45.0 cm³/mol. The van der Waals surface area contributed by atoms with Crippen molar-refractivity contribution in [1.29, 1.82) is 0 Å². The molecule has 1 aliphatic rings. The number of hydrogen-bond acceptors (Lipinski definition) is 2. The van der Waals surface area contributed by atoms with Gasteiger partial charge in [0.1, 0.15) is 0 Å². The second-order valence-electron chi connectivity index (χ2n) is 3.46. The number of carboxylic acid groups (broad SMARTS) is 1. The van der Waals surface area contributed by atoms with Gasteiger partial charge in [0.05, 0.1) is 6.61 Å². The fourth-order valence-corrected chi connectivity index (χ4v) is 1.53. The van der Waals surface area contributed by atoms with Gasteiger partial charge in [0.2, 0.25) is 0 Å². The standard InChI is InChI=1S/C9H16O3/c1-7(9(10)11)12-6-8-4-2-3-5-8/h7-8H,2-6H2,1H3,(H,10,11)/t7-/m1/s1. The van der Waals surface area contributed by atoms with Crippen LogP contribution in [0.15, 0.2) is 0 Å². The first-order valence-electron chi connectivity index (χ1n) is 4.54. The van der Waals surface area contributed by atoms with Gasteiger partial charge in [0.15, 0.2) is 6.10 Å². The third-order valence-electron chi connectivity index (χ3n) is 2.40. The lowest BCUT2D eigenvalue weighted by molar-refractivity contribution is -0.149. The van der Waals surface area contributed by atoms with Crippen LogP contribution in [-0.4, -0.2) is 23.8 Å². The van der Waals surface area contributed by atoms with Crippen molar-refractivity contribution >= 4 is 5.97 Å². The van der Waals surface area contributed by atoms with E-state index in [2.05, 4.69) is 0 Å². The van der Waals surface area contributed by atoms with Gasteiger partial charge in [-0.2, -0.15) is 0 Å². The van der Waals surface area contributed by atoms with Gasteiger partial charge in [-0.05, 0) is 25.7 Å². The molecular weight excluding hydrogens is 156 g/mol. The molecule has 1 atom stereocenters. The highest BCUT2D eigenvalue weighted by Crippen LogP contribution is 2.24. The summed E-state index contributed by atoms with van der Waals surface area (Å²) in [6, 6.07) is 0. The molecule has 0 aromatic carbocycles. The van der Waals surface area contributed by atoms with E-state index in [0.29, 0.717) is 12.5 Å². The van der Waals surface area contributed by atoms with E-state index in [0.717, 1.165) is 0 Å². The Balaban J connectivity index is 2.11. The molecule has 1 saturated carbocycles. The van der Waals surface area contributed by atoms with Crippen LogP contribution in [0.3, 0.4) is 0 Å². The zero-order valence-electron chi connectivity index (χ0n) is 7.45. The quantitative estimate of drug-likeness (QED) is 0.701. The van der Waals surface area contributed by atoms with E-state index < -0.39 is 12.1 Å². The lowest BCUT2D eigenvalue weighted by atomic mass is 10.1. The molecule has 0 heterocycles. The molecule has 0 bridgehead atoms. The maximum Gasteiger partial charge on any atom is 0.332 e. The van der Waals surface area contributed by atoms with E-state index >= 15 is 0 Å². The molecule has 0 aromatic heterocycles. The molecule has 1 fully saturated rings. The van der Waals surface area contributed by atoms with Crippen molar-refractivity contribution in [1.82, 2.24) is 0 Å². The lowest BCUT2D eigenvalue weighted by Gasteiger charge is -2.12. The van der Waals surface area contributed by atoms with E-state index in [9.17, 15) is 4.79 Å². The van der Waals surface area contributed by atoms with Crippen LogP contribution < -0.4 is 0 Å². The molecule has 70 valence electrons. The largest absolute Gasteiger partial charge is 0.479 e. The van der Waals surface area contributed by atoms with E-state index in [1.165, 1.54) is 25.7 Å². The molecule has 0 aromatic rings. The van der Waals surface area contributed by atoms with Gasteiger partial charge in [0.25, 0.3) is 0 Å². The Morgan fingerprint density at radius 3 is 2.67 bits per heavy atom. The van der Waals surface area contributed by atoms with Crippen molar-refractivity contribution in [3.8, 4) is 0 Å². The van der Waals surface area contributed by atoms with E-state index in [-0.39, 0.29) is 0 Å². The summed E-state index contributed by atoms with van der Waals surface area (Å²) in [6.07, 6.45) is 4.30. The number of hydrogen-bond donors (Lipinski definition) is 1. The summed E-state index contributed by atoms with van der Waals surface area (Å²) in [4.78, 5) is 10.4. The van der Waals surface area contributed by atoms with Gasteiger partial charge in [-0.25, -0.2) is 4.79 Å². The molecule has 0 saturated heterocycles. The zero-order valence-corrected chi connectivity index (χ0v) is 7.45. The highest BCUT2D eigenvalue weighted by Gasteiger charge is 2.18. The van der Waals surface area contributed by atoms with E-state index in [4.69, 9.17) is 9.84 Å². The molecule has 0 amide bonds. The van der Waals surface area contributed by atoms with Crippen molar-refractivity contribution in [2.75, 3.05) is 6.61 Å². The van der Waals surface area contributed by atoms with Gasteiger partial charge in [-0.1, -0.05) is 12.8 Å². The fraction of sp³-hybridized carbons (Fsp3) is 0.889. The molecule has 1 N–H and O–H groups in total. The second kappa shape index (κ2) is 4.45. The van der Waals surface area contributed by atoms with Crippen LogP contribution in [0.4, 0.5) is 0 Å². The monoisotopic (exact) mass is 172 g/mol. The maximum atomic E-state index is 10.4. The van der Waals surface area contributed by atoms with Crippen LogP contribution in [0.1, 0.15) is 32.6 Å². The topological polar surface area (TPSA) is 46.5 Å². The predicted octanol–water partition coefficient (Wildman–Crippen LogP) is 1.67.